The summed E-state index contributed by atoms with van der Waals surface area (Å²) in [6, 6.07) is 0.610. The highest BCUT2D eigenvalue weighted by Crippen LogP contribution is 2.18. The Hall–Kier alpha value is -2.68. The molecule has 0 aliphatic rings. The van der Waals surface area contributed by atoms with Crippen LogP contribution in [0.1, 0.15) is 35.7 Å². The first-order valence-electron chi connectivity index (χ1n) is 7.60. The zero-order valence-electron chi connectivity index (χ0n) is 14.0. The van der Waals surface area contributed by atoms with Gasteiger partial charge in [0.15, 0.2) is 5.13 Å². The first-order chi connectivity index (χ1) is 11.8. The molecule has 9 heteroatoms. The van der Waals surface area contributed by atoms with Crippen molar-refractivity contribution in [3.05, 3.63) is 34.7 Å². The Bertz CT molecular complexity index is 780. The van der Waals surface area contributed by atoms with Gasteiger partial charge in [-0.3, -0.25) is 14.9 Å². The monoisotopic (exact) mass is 365 g/mol. The molecule has 3 N–H and O–H groups in total. The van der Waals surface area contributed by atoms with Crippen LogP contribution in [0.25, 0.3) is 0 Å². The maximum atomic E-state index is 12.1. The number of nitrogens with zero attached hydrogens (tertiary/aromatic N) is 1. The second-order valence-corrected chi connectivity index (χ2v) is 6.65. The van der Waals surface area contributed by atoms with E-state index in [-0.39, 0.29) is 18.2 Å². The Morgan fingerprint density at radius 2 is 2.08 bits per heavy atom. The van der Waals surface area contributed by atoms with E-state index < -0.39 is 17.9 Å². The predicted octanol–water partition coefficient (Wildman–Crippen LogP) is 2.06. The first-order valence-corrected chi connectivity index (χ1v) is 8.48. The summed E-state index contributed by atoms with van der Waals surface area (Å²) in [5.74, 6) is -1.59. The number of amides is 2. The van der Waals surface area contributed by atoms with Crippen molar-refractivity contribution in [2.75, 3.05) is 5.32 Å². The van der Waals surface area contributed by atoms with E-state index in [1.807, 2.05) is 0 Å². The summed E-state index contributed by atoms with van der Waals surface area (Å²) in [5, 5.41) is 16.2. The van der Waals surface area contributed by atoms with Crippen LogP contribution in [-0.4, -0.2) is 33.9 Å². The van der Waals surface area contributed by atoms with Gasteiger partial charge in [0.1, 0.15) is 11.8 Å². The van der Waals surface area contributed by atoms with Gasteiger partial charge < -0.3 is 14.8 Å². The van der Waals surface area contributed by atoms with E-state index in [1.165, 1.54) is 17.6 Å². The highest BCUT2D eigenvalue weighted by Gasteiger charge is 2.23. The van der Waals surface area contributed by atoms with E-state index in [0.29, 0.717) is 22.1 Å². The van der Waals surface area contributed by atoms with Crippen molar-refractivity contribution in [1.29, 1.82) is 0 Å². The number of carboxylic acid groups (broad SMARTS) is 1. The van der Waals surface area contributed by atoms with Gasteiger partial charge in [-0.05, 0) is 18.9 Å². The van der Waals surface area contributed by atoms with Crippen molar-refractivity contribution in [3.63, 3.8) is 0 Å². The molecule has 2 aromatic heterocycles. The number of nitrogens with one attached hydrogen (secondary N) is 2. The van der Waals surface area contributed by atoms with E-state index in [4.69, 9.17) is 9.52 Å². The van der Waals surface area contributed by atoms with Gasteiger partial charge in [0.2, 0.25) is 5.91 Å². The number of aryl methyl sites for hydroxylation is 1. The number of hydrogen-bond donors (Lipinski definition) is 3. The second kappa shape index (κ2) is 7.93. The summed E-state index contributed by atoms with van der Waals surface area (Å²) < 4.78 is 5.08. The zero-order chi connectivity index (χ0) is 18.6. The summed E-state index contributed by atoms with van der Waals surface area (Å²) in [5.41, 5.74) is 0.866. The number of thiazole rings is 1. The van der Waals surface area contributed by atoms with E-state index in [1.54, 1.807) is 32.2 Å². The van der Waals surface area contributed by atoms with Crippen LogP contribution < -0.4 is 10.6 Å². The molecule has 2 amide bonds. The van der Waals surface area contributed by atoms with Gasteiger partial charge in [0, 0.05) is 5.38 Å². The van der Waals surface area contributed by atoms with Gasteiger partial charge >= 0.3 is 5.97 Å². The van der Waals surface area contributed by atoms with Gasteiger partial charge in [0.25, 0.3) is 5.91 Å². The number of carbonyl (C=O) groups is 3. The topological polar surface area (TPSA) is 122 Å². The van der Waals surface area contributed by atoms with Crippen molar-refractivity contribution >= 4 is 34.3 Å². The summed E-state index contributed by atoms with van der Waals surface area (Å²) in [6.07, 6.45) is 1.36. The molecular weight excluding hydrogens is 346 g/mol. The first kappa shape index (κ1) is 18.7. The molecule has 1 atom stereocenters. The number of carbonyl (C=O) groups excluding carboxylic acids is 2. The fraction of sp³-hybridized carbons (Fsp3) is 0.375. The molecule has 2 aromatic rings. The molecule has 25 heavy (non-hydrogen) atoms. The molecule has 0 radical (unpaired) electrons. The molecule has 2 heterocycles. The molecule has 0 saturated carbocycles. The van der Waals surface area contributed by atoms with Crippen LogP contribution in [0.3, 0.4) is 0 Å². The molecule has 8 nitrogen and oxygen atoms in total. The minimum absolute atomic E-state index is 0.0619. The van der Waals surface area contributed by atoms with Crippen LogP contribution in [0, 0.1) is 12.8 Å². The van der Waals surface area contributed by atoms with Gasteiger partial charge in [-0.25, -0.2) is 9.78 Å². The van der Waals surface area contributed by atoms with Crippen LogP contribution in [0.2, 0.25) is 0 Å². The highest BCUT2D eigenvalue weighted by molar-refractivity contribution is 7.14. The van der Waals surface area contributed by atoms with Gasteiger partial charge in [0.05, 0.1) is 23.9 Å². The summed E-state index contributed by atoms with van der Waals surface area (Å²) >= 11 is 1.18. The lowest BCUT2D eigenvalue weighted by Crippen LogP contribution is -2.44. The fourth-order valence-corrected chi connectivity index (χ4v) is 2.84. The third kappa shape index (κ3) is 4.90. The molecule has 0 spiro atoms. The molecule has 0 fully saturated rings. The number of carboxylic acids is 1. The predicted molar refractivity (Wildman–Crippen MR) is 91.6 cm³/mol. The van der Waals surface area contributed by atoms with E-state index in [9.17, 15) is 14.4 Å². The maximum Gasteiger partial charge on any atom is 0.326 e. The van der Waals surface area contributed by atoms with Crippen molar-refractivity contribution in [2.24, 2.45) is 5.92 Å². The largest absolute Gasteiger partial charge is 0.480 e. The van der Waals surface area contributed by atoms with Gasteiger partial charge in [-0.1, -0.05) is 13.8 Å². The Morgan fingerprint density at radius 3 is 2.64 bits per heavy atom. The Balaban J connectivity index is 1.95. The summed E-state index contributed by atoms with van der Waals surface area (Å²) in [6.45, 7) is 5.11. The van der Waals surface area contributed by atoms with Crippen molar-refractivity contribution in [1.82, 2.24) is 10.3 Å². The quantitative estimate of drug-likeness (QED) is 0.690. The lowest BCUT2D eigenvalue weighted by Gasteiger charge is -2.17. The smallest absolute Gasteiger partial charge is 0.326 e. The fourth-order valence-electron chi connectivity index (χ4n) is 2.13. The number of aliphatic carboxylic acids is 1. The third-order valence-corrected chi connectivity index (χ3v) is 4.27. The number of anilines is 1. The maximum absolute atomic E-state index is 12.1. The standard InChI is InChI=1S/C16H19N3O5S/c1-8(2)13(15(22)23)18-12(20)6-10-7-25-16(17-10)19-14(21)11-4-5-24-9(11)3/h4-5,7-8,13H,6H2,1-3H3,(H,18,20)(H,22,23)(H,17,19,21)/t13-/m0/s1. The average molecular weight is 365 g/mol. The summed E-state index contributed by atoms with van der Waals surface area (Å²) in [7, 11) is 0. The van der Waals surface area contributed by atoms with Crippen LogP contribution in [0.4, 0.5) is 5.13 Å². The average Bonchev–Trinajstić information content (AvgIpc) is 3.13. The Kier molecular flexibility index (Phi) is 5.92. The molecule has 0 aliphatic heterocycles. The molecule has 134 valence electrons. The Morgan fingerprint density at radius 1 is 1.36 bits per heavy atom. The van der Waals surface area contributed by atoms with Crippen molar-refractivity contribution < 1.29 is 23.9 Å². The van der Waals surface area contributed by atoms with Crippen LogP contribution in [-0.2, 0) is 16.0 Å². The van der Waals surface area contributed by atoms with Crippen LogP contribution in [0.15, 0.2) is 22.1 Å². The zero-order valence-corrected chi connectivity index (χ0v) is 14.8. The normalized spacial score (nSPS) is 12.0. The van der Waals surface area contributed by atoms with E-state index in [2.05, 4.69) is 15.6 Å². The molecule has 0 bridgehead atoms. The highest BCUT2D eigenvalue weighted by atomic mass is 32.1. The minimum atomic E-state index is -1.08. The van der Waals surface area contributed by atoms with Crippen LogP contribution >= 0.6 is 11.3 Å². The van der Waals surface area contributed by atoms with E-state index in [0.717, 1.165) is 0 Å². The minimum Gasteiger partial charge on any atom is -0.480 e. The molecular formula is C16H19N3O5S. The molecule has 0 aromatic carbocycles. The molecule has 0 aliphatic carbocycles. The van der Waals surface area contributed by atoms with Gasteiger partial charge in [-0.15, -0.1) is 11.3 Å². The van der Waals surface area contributed by atoms with E-state index >= 15 is 0 Å². The second-order valence-electron chi connectivity index (χ2n) is 5.79. The lowest BCUT2D eigenvalue weighted by molar-refractivity contribution is -0.143. The Labute approximate surface area is 148 Å². The van der Waals surface area contributed by atoms with Crippen molar-refractivity contribution in [3.8, 4) is 0 Å². The SMILES string of the molecule is Cc1occc1C(=O)Nc1nc(CC(=O)N[C@H](C(=O)O)C(C)C)cs1. The third-order valence-electron chi connectivity index (χ3n) is 3.47. The number of aromatic nitrogens is 1. The van der Waals surface area contributed by atoms with Gasteiger partial charge in [-0.2, -0.15) is 0 Å². The molecule has 0 saturated heterocycles. The lowest BCUT2D eigenvalue weighted by atomic mass is 10.0. The van der Waals surface area contributed by atoms with Crippen LogP contribution in [0.5, 0.6) is 0 Å². The number of hydrogen-bond acceptors (Lipinski definition) is 6. The molecule has 2 rings (SSSR count). The van der Waals surface area contributed by atoms with Crippen molar-refractivity contribution in [2.45, 2.75) is 33.2 Å². The summed E-state index contributed by atoms with van der Waals surface area (Å²) in [4.78, 5) is 39.3. The number of rotatable bonds is 7. The number of furan rings is 1. The molecule has 0 unspecified atom stereocenters.